The molecule has 1 aromatic rings. The van der Waals surface area contributed by atoms with E-state index in [-0.39, 0.29) is 0 Å². The van der Waals surface area contributed by atoms with E-state index >= 15 is 0 Å². The first-order valence-corrected chi connectivity index (χ1v) is 8.79. The average Bonchev–Trinajstić information content (AvgIpc) is 2.94. The van der Waals surface area contributed by atoms with Gasteiger partial charge in [0.1, 0.15) is 5.01 Å². The van der Waals surface area contributed by atoms with Crippen LogP contribution < -0.4 is 5.32 Å². The SMILES string of the molecule is CC(C)NCc1sc(C2CCCS2)nc1C(C)C. The van der Waals surface area contributed by atoms with Gasteiger partial charge in [-0.1, -0.05) is 27.7 Å². The van der Waals surface area contributed by atoms with Crippen molar-refractivity contribution in [1.82, 2.24) is 10.3 Å². The van der Waals surface area contributed by atoms with Crippen molar-refractivity contribution in [3.05, 3.63) is 15.6 Å². The summed E-state index contributed by atoms with van der Waals surface area (Å²) in [5.74, 6) is 1.84. The summed E-state index contributed by atoms with van der Waals surface area (Å²) >= 11 is 4.01. The Bertz CT molecular complexity index is 379. The summed E-state index contributed by atoms with van der Waals surface area (Å²) in [6.45, 7) is 9.87. The highest BCUT2D eigenvalue weighted by Gasteiger charge is 2.23. The van der Waals surface area contributed by atoms with E-state index in [9.17, 15) is 0 Å². The first-order chi connectivity index (χ1) is 8.58. The molecule has 0 spiro atoms. The van der Waals surface area contributed by atoms with Gasteiger partial charge < -0.3 is 5.32 Å². The normalized spacial score (nSPS) is 20.2. The summed E-state index contributed by atoms with van der Waals surface area (Å²) in [7, 11) is 0. The molecule has 2 nitrogen and oxygen atoms in total. The number of rotatable bonds is 5. The molecule has 102 valence electrons. The van der Waals surface area contributed by atoms with Crippen molar-refractivity contribution in [3.8, 4) is 0 Å². The number of thiazole rings is 1. The van der Waals surface area contributed by atoms with Gasteiger partial charge in [0.25, 0.3) is 0 Å². The van der Waals surface area contributed by atoms with Crippen LogP contribution in [0.2, 0.25) is 0 Å². The second kappa shape index (κ2) is 6.40. The zero-order valence-corrected chi connectivity index (χ0v) is 13.5. The van der Waals surface area contributed by atoms with E-state index < -0.39 is 0 Å². The van der Waals surface area contributed by atoms with Crippen LogP contribution in [-0.4, -0.2) is 16.8 Å². The molecule has 0 radical (unpaired) electrons. The lowest BCUT2D eigenvalue weighted by atomic mass is 10.1. The maximum atomic E-state index is 4.93. The third-order valence-corrected chi connectivity index (χ3v) is 5.89. The van der Waals surface area contributed by atoms with Crippen molar-refractivity contribution in [2.45, 2.75) is 64.3 Å². The summed E-state index contributed by atoms with van der Waals surface area (Å²) < 4.78 is 0. The van der Waals surface area contributed by atoms with Crippen molar-refractivity contribution in [2.24, 2.45) is 0 Å². The van der Waals surface area contributed by atoms with Crippen LogP contribution in [0.1, 0.15) is 67.3 Å². The fourth-order valence-electron chi connectivity index (χ4n) is 2.17. The van der Waals surface area contributed by atoms with Crippen LogP contribution in [0.5, 0.6) is 0 Å². The molecule has 0 amide bonds. The van der Waals surface area contributed by atoms with E-state index in [1.807, 2.05) is 11.3 Å². The molecule has 1 saturated heterocycles. The largest absolute Gasteiger partial charge is 0.310 e. The highest BCUT2D eigenvalue weighted by molar-refractivity contribution is 7.99. The lowest BCUT2D eigenvalue weighted by molar-refractivity contribution is 0.588. The van der Waals surface area contributed by atoms with Gasteiger partial charge in [0.05, 0.1) is 10.9 Å². The van der Waals surface area contributed by atoms with E-state index in [2.05, 4.69) is 44.8 Å². The summed E-state index contributed by atoms with van der Waals surface area (Å²) in [4.78, 5) is 6.37. The van der Waals surface area contributed by atoms with Gasteiger partial charge in [0, 0.05) is 17.5 Å². The third-order valence-electron chi connectivity index (χ3n) is 3.17. The third kappa shape index (κ3) is 3.49. The molecule has 1 aliphatic rings. The second-order valence-electron chi connectivity index (χ2n) is 5.55. The van der Waals surface area contributed by atoms with Gasteiger partial charge in [-0.2, -0.15) is 11.8 Å². The smallest absolute Gasteiger partial charge is 0.106 e. The van der Waals surface area contributed by atoms with Gasteiger partial charge in [-0.25, -0.2) is 4.98 Å². The minimum absolute atomic E-state index is 0.533. The second-order valence-corrected chi connectivity index (χ2v) is 7.98. The standard InChI is InChI=1S/C14H24N2S2/c1-9(2)13-12(8-15-10(3)4)18-14(16-13)11-6-5-7-17-11/h9-11,15H,5-8H2,1-4H3. The van der Waals surface area contributed by atoms with Crippen LogP contribution in [0.25, 0.3) is 0 Å². The van der Waals surface area contributed by atoms with Gasteiger partial charge in [-0.3, -0.25) is 0 Å². The van der Waals surface area contributed by atoms with Crippen LogP contribution in [0.4, 0.5) is 0 Å². The molecule has 0 aliphatic carbocycles. The topological polar surface area (TPSA) is 24.9 Å². The van der Waals surface area contributed by atoms with Gasteiger partial charge in [0.2, 0.25) is 0 Å². The zero-order valence-electron chi connectivity index (χ0n) is 11.8. The van der Waals surface area contributed by atoms with E-state index in [0.717, 1.165) is 6.54 Å². The van der Waals surface area contributed by atoms with E-state index in [4.69, 9.17) is 4.98 Å². The maximum Gasteiger partial charge on any atom is 0.106 e. The summed E-state index contributed by atoms with van der Waals surface area (Å²) in [5, 5.41) is 5.55. The molecule has 4 heteroatoms. The average molecular weight is 284 g/mol. The molecule has 0 bridgehead atoms. The number of hydrogen-bond donors (Lipinski definition) is 1. The van der Waals surface area contributed by atoms with E-state index in [1.54, 1.807) is 0 Å². The Hall–Kier alpha value is -0.0600. The molecule has 0 aromatic carbocycles. The van der Waals surface area contributed by atoms with Gasteiger partial charge >= 0.3 is 0 Å². The Morgan fingerprint density at radius 2 is 2.11 bits per heavy atom. The van der Waals surface area contributed by atoms with E-state index in [0.29, 0.717) is 17.2 Å². The van der Waals surface area contributed by atoms with E-state index in [1.165, 1.54) is 34.2 Å². The van der Waals surface area contributed by atoms with Crippen LogP contribution in [0.3, 0.4) is 0 Å². The molecule has 2 rings (SSSR count). The van der Waals surface area contributed by atoms with Crippen molar-refractivity contribution in [1.29, 1.82) is 0 Å². The fourth-order valence-corrected chi connectivity index (χ4v) is 4.85. The molecule has 1 aliphatic heterocycles. The Labute approximate surface area is 119 Å². The minimum Gasteiger partial charge on any atom is -0.310 e. The lowest BCUT2D eigenvalue weighted by Gasteiger charge is -2.09. The number of aromatic nitrogens is 1. The van der Waals surface area contributed by atoms with Crippen LogP contribution in [0.15, 0.2) is 0 Å². The molecule has 2 heterocycles. The van der Waals surface area contributed by atoms with Gasteiger partial charge in [-0.15, -0.1) is 11.3 Å². The summed E-state index contributed by atoms with van der Waals surface area (Å²) in [6.07, 6.45) is 2.66. The lowest BCUT2D eigenvalue weighted by Crippen LogP contribution is -2.22. The predicted molar refractivity (Wildman–Crippen MR) is 82.6 cm³/mol. The highest BCUT2D eigenvalue weighted by Crippen LogP contribution is 2.42. The highest BCUT2D eigenvalue weighted by atomic mass is 32.2. The molecule has 0 saturated carbocycles. The van der Waals surface area contributed by atoms with Crippen LogP contribution in [0, 0.1) is 0 Å². The Morgan fingerprint density at radius 1 is 1.33 bits per heavy atom. The first kappa shape index (κ1) is 14.4. The molecule has 18 heavy (non-hydrogen) atoms. The fraction of sp³-hybridized carbons (Fsp3) is 0.786. The Kier molecular flexibility index (Phi) is 5.10. The van der Waals surface area contributed by atoms with Crippen molar-refractivity contribution in [2.75, 3.05) is 5.75 Å². The van der Waals surface area contributed by atoms with Crippen LogP contribution in [-0.2, 0) is 6.54 Å². The first-order valence-electron chi connectivity index (χ1n) is 6.92. The number of nitrogens with one attached hydrogen (secondary N) is 1. The molecule has 1 fully saturated rings. The molecule has 1 aromatic heterocycles. The molecule has 1 N–H and O–H groups in total. The van der Waals surface area contributed by atoms with Gasteiger partial charge in [0.15, 0.2) is 0 Å². The van der Waals surface area contributed by atoms with Crippen molar-refractivity contribution in [3.63, 3.8) is 0 Å². The Morgan fingerprint density at radius 3 is 2.67 bits per heavy atom. The predicted octanol–water partition coefficient (Wildman–Crippen LogP) is 4.33. The van der Waals surface area contributed by atoms with Crippen molar-refractivity contribution >= 4 is 23.1 Å². The Balaban J connectivity index is 2.15. The zero-order chi connectivity index (χ0) is 13.1. The molecule has 1 atom stereocenters. The minimum atomic E-state index is 0.533. The molecular weight excluding hydrogens is 260 g/mol. The molecule has 1 unspecified atom stereocenters. The molecular formula is C14H24N2S2. The van der Waals surface area contributed by atoms with Crippen molar-refractivity contribution < 1.29 is 0 Å². The summed E-state index contributed by atoms with van der Waals surface area (Å²) in [5.41, 5.74) is 1.32. The number of nitrogens with zero attached hydrogens (tertiary/aromatic N) is 1. The summed E-state index contributed by atoms with van der Waals surface area (Å²) in [6, 6.07) is 0.538. The van der Waals surface area contributed by atoms with Gasteiger partial charge in [-0.05, 0) is 24.5 Å². The quantitative estimate of drug-likeness (QED) is 0.871. The maximum absolute atomic E-state index is 4.93. The van der Waals surface area contributed by atoms with Crippen LogP contribution >= 0.6 is 23.1 Å². The number of thioether (sulfide) groups is 1. The monoisotopic (exact) mass is 284 g/mol. The number of hydrogen-bond acceptors (Lipinski definition) is 4.